The zero-order chi connectivity index (χ0) is 13.4. The molecule has 1 unspecified atom stereocenters. The minimum Gasteiger partial charge on any atom is -0.477 e. The molecule has 17 heavy (non-hydrogen) atoms. The van der Waals surface area contributed by atoms with Crippen LogP contribution in [0.15, 0.2) is 0 Å². The molecule has 6 atom stereocenters. The van der Waals surface area contributed by atoms with E-state index >= 15 is 0 Å². The topological polar surface area (TPSA) is 159 Å². The monoisotopic (exact) mass is 250 g/mol. The number of hydrogen-bond donors (Lipinski definition) is 6. The summed E-state index contributed by atoms with van der Waals surface area (Å²) < 4.78 is 4.93. The predicted molar refractivity (Wildman–Crippen MR) is 55.7 cm³/mol. The van der Waals surface area contributed by atoms with E-state index < -0.39 is 48.6 Å². The van der Waals surface area contributed by atoms with Gasteiger partial charge in [-0.3, -0.25) is 0 Å². The molecule has 0 amide bonds. The molecule has 100 valence electrons. The number of aliphatic hydroxyl groups is 3. The van der Waals surface area contributed by atoms with Gasteiger partial charge in [-0.05, 0) is 6.92 Å². The lowest BCUT2D eigenvalue weighted by Crippen LogP contribution is -2.66. The van der Waals surface area contributed by atoms with Crippen molar-refractivity contribution in [2.75, 3.05) is 0 Å². The van der Waals surface area contributed by atoms with Crippen molar-refractivity contribution in [3.63, 3.8) is 0 Å². The van der Waals surface area contributed by atoms with E-state index in [1.165, 1.54) is 6.92 Å². The van der Waals surface area contributed by atoms with Crippen molar-refractivity contribution < 1.29 is 30.0 Å². The molecule has 0 saturated carbocycles. The van der Waals surface area contributed by atoms with Crippen molar-refractivity contribution in [3.05, 3.63) is 0 Å². The molecule has 0 radical (unpaired) electrons. The number of rotatable bonds is 3. The molecule has 0 spiro atoms. The highest BCUT2D eigenvalue weighted by molar-refractivity contribution is 5.75. The fourth-order valence-corrected chi connectivity index (χ4v) is 1.74. The molecule has 1 fully saturated rings. The Bertz CT molecular complexity index is 295. The van der Waals surface area contributed by atoms with Crippen LogP contribution in [0.25, 0.3) is 0 Å². The SMILES string of the molecule is C[C@H](O)[C@H](N)C1O[C@](O)(C(=O)O)C[C@@H](O)[C@@H]1N. The number of ether oxygens (including phenoxy) is 1. The Morgan fingerprint density at radius 3 is 2.53 bits per heavy atom. The first kappa shape index (κ1) is 14.3. The van der Waals surface area contributed by atoms with Crippen LogP contribution < -0.4 is 11.5 Å². The summed E-state index contributed by atoms with van der Waals surface area (Å²) in [5.41, 5.74) is 11.2. The van der Waals surface area contributed by atoms with E-state index in [0.29, 0.717) is 0 Å². The van der Waals surface area contributed by atoms with Gasteiger partial charge in [0, 0.05) is 6.42 Å². The summed E-state index contributed by atoms with van der Waals surface area (Å²) in [5, 5.41) is 37.4. The highest BCUT2D eigenvalue weighted by Gasteiger charge is 2.51. The molecule has 1 heterocycles. The molecular weight excluding hydrogens is 232 g/mol. The van der Waals surface area contributed by atoms with E-state index in [-0.39, 0.29) is 0 Å². The van der Waals surface area contributed by atoms with Gasteiger partial charge in [-0.15, -0.1) is 0 Å². The number of carboxylic acids is 1. The smallest absolute Gasteiger partial charge is 0.364 e. The van der Waals surface area contributed by atoms with Crippen LogP contribution in [0.4, 0.5) is 0 Å². The Morgan fingerprint density at radius 1 is 1.59 bits per heavy atom. The lowest BCUT2D eigenvalue weighted by Gasteiger charge is -2.43. The summed E-state index contributed by atoms with van der Waals surface area (Å²) in [4.78, 5) is 10.8. The van der Waals surface area contributed by atoms with Crippen molar-refractivity contribution in [1.82, 2.24) is 0 Å². The summed E-state index contributed by atoms with van der Waals surface area (Å²) in [6.45, 7) is 1.38. The van der Waals surface area contributed by atoms with Crippen LogP contribution in [-0.4, -0.2) is 62.6 Å². The zero-order valence-electron chi connectivity index (χ0n) is 9.35. The summed E-state index contributed by atoms with van der Waals surface area (Å²) in [6.07, 6.45) is -4.00. The van der Waals surface area contributed by atoms with Gasteiger partial charge in [0.2, 0.25) is 0 Å². The van der Waals surface area contributed by atoms with Gasteiger partial charge in [-0.1, -0.05) is 0 Å². The average molecular weight is 250 g/mol. The Kier molecular flexibility index (Phi) is 4.07. The first-order chi connectivity index (χ1) is 7.69. The lowest BCUT2D eigenvalue weighted by atomic mass is 9.89. The Balaban J connectivity index is 2.93. The van der Waals surface area contributed by atoms with Crippen molar-refractivity contribution in [2.45, 2.75) is 49.5 Å². The van der Waals surface area contributed by atoms with Crippen LogP contribution in [0.2, 0.25) is 0 Å². The maximum absolute atomic E-state index is 10.8. The minimum atomic E-state index is -2.54. The van der Waals surface area contributed by atoms with Gasteiger partial charge in [-0.2, -0.15) is 0 Å². The second-order valence-corrected chi connectivity index (χ2v) is 4.34. The fraction of sp³-hybridized carbons (Fsp3) is 0.889. The lowest BCUT2D eigenvalue weighted by molar-refractivity contribution is -0.279. The van der Waals surface area contributed by atoms with Crippen LogP contribution in [-0.2, 0) is 9.53 Å². The second-order valence-electron chi connectivity index (χ2n) is 4.34. The van der Waals surface area contributed by atoms with Crippen LogP contribution in [0.1, 0.15) is 13.3 Å². The Labute approximate surface area is 97.8 Å². The molecule has 0 bridgehead atoms. The summed E-state index contributed by atoms with van der Waals surface area (Å²) in [5.74, 6) is -4.17. The fourth-order valence-electron chi connectivity index (χ4n) is 1.74. The second kappa shape index (κ2) is 4.84. The molecule has 1 saturated heterocycles. The maximum atomic E-state index is 10.8. The van der Waals surface area contributed by atoms with E-state index in [1.807, 2.05) is 0 Å². The van der Waals surface area contributed by atoms with Gasteiger partial charge in [-0.25, -0.2) is 4.79 Å². The highest BCUT2D eigenvalue weighted by atomic mass is 16.7. The molecule has 1 aliphatic rings. The molecule has 8 heteroatoms. The summed E-state index contributed by atoms with van der Waals surface area (Å²) in [6, 6.07) is -1.98. The van der Waals surface area contributed by atoms with Gasteiger partial charge < -0.3 is 36.6 Å². The molecular formula is C9H18N2O6. The van der Waals surface area contributed by atoms with Crippen LogP contribution >= 0.6 is 0 Å². The summed E-state index contributed by atoms with van der Waals surface area (Å²) in [7, 11) is 0. The number of carboxylic acid groups (broad SMARTS) is 1. The Morgan fingerprint density at radius 2 is 2.12 bits per heavy atom. The maximum Gasteiger partial charge on any atom is 0.364 e. The minimum absolute atomic E-state index is 0.549. The average Bonchev–Trinajstić information content (AvgIpc) is 2.22. The molecule has 8 nitrogen and oxygen atoms in total. The predicted octanol–water partition coefficient (Wildman–Crippen LogP) is -3.06. The summed E-state index contributed by atoms with van der Waals surface area (Å²) >= 11 is 0. The normalized spacial score (nSPS) is 41.9. The quantitative estimate of drug-likeness (QED) is 0.308. The largest absolute Gasteiger partial charge is 0.477 e. The number of nitrogens with two attached hydrogens (primary N) is 2. The molecule has 8 N–H and O–H groups in total. The molecule has 0 aromatic rings. The number of aliphatic carboxylic acids is 1. The molecule has 0 aromatic carbocycles. The van der Waals surface area contributed by atoms with E-state index in [4.69, 9.17) is 21.3 Å². The van der Waals surface area contributed by atoms with Gasteiger partial charge in [0.15, 0.2) is 0 Å². The third-order valence-corrected chi connectivity index (χ3v) is 2.91. The molecule has 1 aliphatic heterocycles. The van der Waals surface area contributed by atoms with Crippen molar-refractivity contribution in [1.29, 1.82) is 0 Å². The van der Waals surface area contributed by atoms with E-state index in [9.17, 15) is 20.1 Å². The number of hydrogen-bond acceptors (Lipinski definition) is 7. The standard InChI is InChI=1S/C9H18N2O6/c1-3(12)5(10)7-6(11)4(13)2-9(16,17-7)8(14)15/h3-7,12-13,16H,2,10-11H2,1H3,(H,14,15)/t3-,4+,5-,6-,7?,9-/m0/s1. The molecule has 1 rings (SSSR count). The third kappa shape index (κ3) is 2.73. The van der Waals surface area contributed by atoms with E-state index in [1.54, 1.807) is 0 Å². The van der Waals surface area contributed by atoms with Crippen LogP contribution in [0, 0.1) is 0 Å². The van der Waals surface area contributed by atoms with Gasteiger partial charge in [0.25, 0.3) is 5.79 Å². The zero-order valence-corrected chi connectivity index (χ0v) is 9.35. The van der Waals surface area contributed by atoms with E-state index in [0.717, 1.165) is 0 Å². The number of aliphatic hydroxyl groups excluding tert-OH is 2. The van der Waals surface area contributed by atoms with Crippen molar-refractivity contribution in [2.24, 2.45) is 11.5 Å². The van der Waals surface area contributed by atoms with Crippen molar-refractivity contribution >= 4 is 5.97 Å². The van der Waals surface area contributed by atoms with Crippen LogP contribution in [0.5, 0.6) is 0 Å². The van der Waals surface area contributed by atoms with Gasteiger partial charge in [0.1, 0.15) is 0 Å². The van der Waals surface area contributed by atoms with Gasteiger partial charge >= 0.3 is 5.97 Å². The number of carbonyl (C=O) groups is 1. The third-order valence-electron chi connectivity index (χ3n) is 2.91. The molecule has 0 aliphatic carbocycles. The molecule has 0 aromatic heterocycles. The van der Waals surface area contributed by atoms with E-state index in [2.05, 4.69) is 0 Å². The highest BCUT2D eigenvalue weighted by Crippen LogP contribution is 2.28. The first-order valence-electron chi connectivity index (χ1n) is 5.20. The first-order valence-corrected chi connectivity index (χ1v) is 5.20. The van der Waals surface area contributed by atoms with Gasteiger partial charge in [0.05, 0.1) is 30.4 Å². The van der Waals surface area contributed by atoms with Crippen LogP contribution in [0.3, 0.4) is 0 Å². The Hall–Kier alpha value is -0.770. The van der Waals surface area contributed by atoms with Crippen molar-refractivity contribution in [3.8, 4) is 0 Å².